The molecule has 0 bridgehead atoms. The van der Waals surface area contributed by atoms with Crippen LogP contribution in [0.2, 0.25) is 0 Å². The molecule has 0 aliphatic rings. The molecule has 0 saturated carbocycles. The molecule has 2 N–H and O–H groups in total. The fourth-order valence-corrected chi connectivity index (χ4v) is 1.58. The lowest BCUT2D eigenvalue weighted by Gasteiger charge is -2.10. The number of aromatic nitrogens is 1. The summed E-state index contributed by atoms with van der Waals surface area (Å²) in [4.78, 5) is 15.8. The summed E-state index contributed by atoms with van der Waals surface area (Å²) in [6, 6.07) is 9.15. The Morgan fingerprint density at radius 1 is 1.30 bits per heavy atom. The zero-order valence-electron chi connectivity index (χ0n) is 10.5. The molecule has 1 aromatic carbocycles. The maximum absolute atomic E-state index is 13.6. The van der Waals surface area contributed by atoms with Crippen molar-refractivity contribution >= 4 is 17.5 Å². The number of benzene rings is 1. The summed E-state index contributed by atoms with van der Waals surface area (Å²) in [6.45, 7) is -0.366. The number of nitrogens with one attached hydrogen (secondary N) is 1. The van der Waals surface area contributed by atoms with Gasteiger partial charge >= 0.3 is 5.97 Å². The first-order valence-electron chi connectivity index (χ1n) is 5.97. The lowest BCUT2D eigenvalue weighted by atomic mass is 10.2. The molecule has 1 aromatic heterocycles. The number of carbonyl (C=O) groups excluding carboxylic acids is 1. The maximum atomic E-state index is 13.6. The fourth-order valence-electron chi connectivity index (χ4n) is 1.58. The van der Waals surface area contributed by atoms with Gasteiger partial charge in [0, 0.05) is 6.20 Å². The molecule has 0 radical (unpaired) electrons. The first kappa shape index (κ1) is 14.0. The minimum Gasteiger partial charge on any atom is -0.460 e. The van der Waals surface area contributed by atoms with Crippen LogP contribution in [0.25, 0.3) is 0 Å². The Morgan fingerprint density at radius 2 is 2.10 bits per heavy atom. The predicted octanol–water partition coefficient (Wildman–Crippen LogP) is 2.11. The molecule has 0 aliphatic heterocycles. The molecular weight excluding hydrogens is 263 g/mol. The van der Waals surface area contributed by atoms with Gasteiger partial charge in [0.2, 0.25) is 0 Å². The second-order valence-electron chi connectivity index (χ2n) is 3.86. The largest absolute Gasteiger partial charge is 0.460 e. The molecule has 0 aliphatic carbocycles. The number of aliphatic hydroxyl groups is 1. The number of para-hydroxylation sites is 1. The smallest absolute Gasteiger partial charge is 0.341 e. The lowest BCUT2D eigenvalue weighted by Crippen LogP contribution is -2.12. The van der Waals surface area contributed by atoms with Crippen LogP contribution in [0.5, 0.6) is 0 Å². The van der Waals surface area contributed by atoms with E-state index in [4.69, 9.17) is 9.84 Å². The number of ether oxygens (including phenoxy) is 1. The zero-order chi connectivity index (χ0) is 14.4. The summed E-state index contributed by atoms with van der Waals surface area (Å²) in [7, 11) is 0. The van der Waals surface area contributed by atoms with Gasteiger partial charge in [0.05, 0.1) is 12.3 Å². The topological polar surface area (TPSA) is 71.5 Å². The van der Waals surface area contributed by atoms with E-state index in [0.29, 0.717) is 0 Å². The summed E-state index contributed by atoms with van der Waals surface area (Å²) < 4.78 is 18.4. The van der Waals surface area contributed by atoms with Crippen LogP contribution in [0, 0.1) is 5.82 Å². The van der Waals surface area contributed by atoms with Crippen molar-refractivity contribution in [3.05, 3.63) is 54.0 Å². The molecule has 0 unspecified atom stereocenters. The third-order valence-electron chi connectivity index (χ3n) is 2.48. The molecule has 104 valence electrons. The standard InChI is InChI=1S/C14H13FN2O3/c15-11-5-1-2-6-12(11)17-13-10(4-3-7-16-13)14(19)20-9-8-18/h1-7,18H,8-9H2,(H,16,17). The number of hydrogen-bond donors (Lipinski definition) is 2. The van der Waals surface area contributed by atoms with Crippen LogP contribution >= 0.6 is 0 Å². The summed E-state index contributed by atoms with van der Waals surface area (Å²) in [6.07, 6.45) is 1.48. The van der Waals surface area contributed by atoms with Crippen molar-refractivity contribution in [1.82, 2.24) is 4.98 Å². The van der Waals surface area contributed by atoms with Crippen molar-refractivity contribution in [2.45, 2.75) is 0 Å². The van der Waals surface area contributed by atoms with E-state index in [2.05, 4.69) is 10.3 Å². The van der Waals surface area contributed by atoms with E-state index in [0.717, 1.165) is 0 Å². The van der Waals surface area contributed by atoms with Gasteiger partial charge in [-0.1, -0.05) is 12.1 Å². The Labute approximate surface area is 115 Å². The molecule has 0 spiro atoms. The van der Waals surface area contributed by atoms with Crippen LogP contribution in [0.1, 0.15) is 10.4 Å². The summed E-state index contributed by atoms with van der Waals surface area (Å²) >= 11 is 0. The van der Waals surface area contributed by atoms with E-state index in [1.165, 1.54) is 24.4 Å². The van der Waals surface area contributed by atoms with Crippen LogP contribution in [-0.4, -0.2) is 29.3 Å². The van der Waals surface area contributed by atoms with E-state index in [9.17, 15) is 9.18 Å². The van der Waals surface area contributed by atoms with Gasteiger partial charge < -0.3 is 15.2 Å². The molecule has 2 rings (SSSR count). The highest BCUT2D eigenvalue weighted by atomic mass is 19.1. The highest BCUT2D eigenvalue weighted by Crippen LogP contribution is 2.21. The van der Waals surface area contributed by atoms with Crippen molar-refractivity contribution in [2.75, 3.05) is 18.5 Å². The molecule has 0 atom stereocenters. The second kappa shape index (κ2) is 6.63. The van der Waals surface area contributed by atoms with E-state index in [1.807, 2.05) is 0 Å². The van der Waals surface area contributed by atoms with Crippen LogP contribution < -0.4 is 5.32 Å². The van der Waals surface area contributed by atoms with Crippen molar-refractivity contribution in [3.63, 3.8) is 0 Å². The number of carbonyl (C=O) groups is 1. The highest BCUT2D eigenvalue weighted by molar-refractivity contribution is 5.95. The minimum absolute atomic E-state index is 0.104. The number of anilines is 2. The molecule has 20 heavy (non-hydrogen) atoms. The average Bonchev–Trinajstić information content (AvgIpc) is 2.48. The first-order chi connectivity index (χ1) is 9.72. The summed E-state index contributed by atoms with van der Waals surface area (Å²) in [5, 5.41) is 11.4. The van der Waals surface area contributed by atoms with Gasteiger partial charge in [0.25, 0.3) is 0 Å². The molecule has 0 amide bonds. The van der Waals surface area contributed by atoms with Gasteiger partial charge in [-0.05, 0) is 24.3 Å². The van der Waals surface area contributed by atoms with E-state index in [1.54, 1.807) is 18.2 Å². The van der Waals surface area contributed by atoms with Gasteiger partial charge in [-0.25, -0.2) is 14.2 Å². The number of esters is 1. The number of pyridine rings is 1. The Bertz CT molecular complexity index is 604. The van der Waals surface area contributed by atoms with Crippen LogP contribution in [-0.2, 0) is 4.74 Å². The molecule has 1 heterocycles. The Morgan fingerprint density at radius 3 is 2.85 bits per heavy atom. The van der Waals surface area contributed by atoms with E-state index in [-0.39, 0.29) is 30.3 Å². The molecule has 0 saturated heterocycles. The average molecular weight is 276 g/mol. The molecule has 0 fully saturated rings. The first-order valence-corrected chi connectivity index (χ1v) is 5.97. The third kappa shape index (κ3) is 3.30. The number of rotatable bonds is 5. The SMILES string of the molecule is O=C(OCCO)c1cccnc1Nc1ccccc1F. The van der Waals surface area contributed by atoms with Gasteiger partial charge in [-0.3, -0.25) is 0 Å². The number of hydrogen-bond acceptors (Lipinski definition) is 5. The third-order valence-corrected chi connectivity index (χ3v) is 2.48. The lowest BCUT2D eigenvalue weighted by molar-refractivity contribution is 0.0434. The van der Waals surface area contributed by atoms with Crippen molar-refractivity contribution in [1.29, 1.82) is 0 Å². The fraction of sp³-hybridized carbons (Fsp3) is 0.143. The van der Waals surface area contributed by atoms with Gasteiger partial charge in [0.15, 0.2) is 0 Å². The Hall–Kier alpha value is -2.47. The van der Waals surface area contributed by atoms with Crippen molar-refractivity contribution < 1.29 is 19.0 Å². The second-order valence-corrected chi connectivity index (χ2v) is 3.86. The van der Waals surface area contributed by atoms with Crippen LogP contribution in [0.3, 0.4) is 0 Å². The molecule has 6 heteroatoms. The molecule has 5 nitrogen and oxygen atoms in total. The van der Waals surface area contributed by atoms with Gasteiger partial charge in [0.1, 0.15) is 23.8 Å². The monoisotopic (exact) mass is 276 g/mol. The van der Waals surface area contributed by atoms with Gasteiger partial charge in [-0.2, -0.15) is 0 Å². The summed E-state index contributed by atoms with van der Waals surface area (Å²) in [5.41, 5.74) is 0.381. The Kier molecular flexibility index (Phi) is 4.62. The minimum atomic E-state index is -0.633. The van der Waals surface area contributed by atoms with Gasteiger partial charge in [-0.15, -0.1) is 0 Å². The normalized spacial score (nSPS) is 10.1. The number of nitrogens with zero attached hydrogens (tertiary/aromatic N) is 1. The van der Waals surface area contributed by atoms with E-state index < -0.39 is 11.8 Å². The summed E-state index contributed by atoms with van der Waals surface area (Å²) in [5.74, 6) is -0.889. The maximum Gasteiger partial charge on any atom is 0.341 e. The van der Waals surface area contributed by atoms with Crippen molar-refractivity contribution in [3.8, 4) is 0 Å². The predicted molar refractivity (Wildman–Crippen MR) is 71.3 cm³/mol. The zero-order valence-corrected chi connectivity index (χ0v) is 10.5. The number of aliphatic hydroxyl groups excluding tert-OH is 1. The van der Waals surface area contributed by atoms with Crippen LogP contribution in [0.4, 0.5) is 15.9 Å². The number of halogens is 1. The molecule has 2 aromatic rings. The Balaban J connectivity index is 2.24. The quantitative estimate of drug-likeness (QED) is 0.818. The van der Waals surface area contributed by atoms with Crippen molar-refractivity contribution in [2.24, 2.45) is 0 Å². The van der Waals surface area contributed by atoms with E-state index >= 15 is 0 Å². The van der Waals surface area contributed by atoms with Crippen LogP contribution in [0.15, 0.2) is 42.6 Å². The molecular formula is C14H13FN2O3. The highest BCUT2D eigenvalue weighted by Gasteiger charge is 2.14.